The van der Waals surface area contributed by atoms with Crippen LogP contribution < -0.4 is 21.3 Å². The summed E-state index contributed by atoms with van der Waals surface area (Å²) in [5.41, 5.74) is 2.91. The first-order valence-corrected chi connectivity index (χ1v) is 43.8. The smallest absolute Gasteiger partial charge is 0.237 e. The van der Waals surface area contributed by atoms with Crippen molar-refractivity contribution in [3.63, 3.8) is 0 Å². The Bertz CT molecular complexity index is 3880. The van der Waals surface area contributed by atoms with Crippen molar-refractivity contribution < 1.29 is 137 Å². The van der Waals surface area contributed by atoms with Crippen molar-refractivity contribution in [2.75, 3.05) is 130 Å². The molecule has 4 aliphatic rings. The van der Waals surface area contributed by atoms with E-state index in [1.807, 2.05) is 4.90 Å². The molecule has 49 nitrogen and oxygen atoms in total. The number of hydrogen-bond acceptors (Lipinski definition) is 42. The fourth-order valence-corrected chi connectivity index (χ4v) is 15.8. The number of aryl methyl sites for hydroxylation is 1. The molecule has 0 aromatic carbocycles. The minimum Gasteiger partial charge on any atom is -0.394 e. The predicted octanol–water partition coefficient (Wildman–Crippen LogP) is -7.97. The van der Waals surface area contributed by atoms with Crippen LogP contribution in [-0.2, 0) is 135 Å². The lowest BCUT2D eigenvalue weighted by atomic mass is 9.92. The number of nitrogens with one attached hydrogen (secondary N) is 4. The third-order valence-corrected chi connectivity index (χ3v) is 23.0. The van der Waals surface area contributed by atoms with Gasteiger partial charge in [0.15, 0.2) is 25.2 Å². The molecule has 51 heteroatoms. The fraction of sp³-hybridized carbons (Fsp3) is 0.808. The molecule has 4 amide bonds. The molecule has 21 atom stereocenters. The summed E-state index contributed by atoms with van der Waals surface area (Å²) in [4.78, 5) is 55.9. The first-order chi connectivity index (χ1) is 59.8. The number of ether oxygens (including phenoxy) is 12. The molecular weight excluding hydrogens is 1680 g/mol. The van der Waals surface area contributed by atoms with E-state index < -0.39 is 167 Å². The van der Waals surface area contributed by atoms with Crippen LogP contribution >= 0.6 is 21.6 Å². The Labute approximate surface area is 723 Å². The van der Waals surface area contributed by atoms with Crippen molar-refractivity contribution in [2.24, 2.45) is 11.8 Å². The molecule has 9 rings (SSSR count). The number of aromatic nitrogens is 15. The molecular formula is C73H123N21O28S2. The molecule has 9 heterocycles. The molecule has 700 valence electrons. The van der Waals surface area contributed by atoms with Crippen molar-refractivity contribution in [1.29, 1.82) is 0 Å². The first-order valence-electron chi connectivity index (χ1n) is 41.3. The third-order valence-electron chi connectivity index (χ3n) is 20.6. The van der Waals surface area contributed by atoms with Crippen LogP contribution in [0.4, 0.5) is 0 Å². The number of amides is 4. The van der Waals surface area contributed by atoms with Gasteiger partial charge in [-0.1, -0.05) is 67.9 Å². The summed E-state index contributed by atoms with van der Waals surface area (Å²) in [7, 11) is 2.99. The molecule has 16 N–H and O–H groups in total. The molecule has 0 radical (unpaired) electrons. The van der Waals surface area contributed by atoms with Crippen molar-refractivity contribution in [1.82, 2.24) is 106 Å². The van der Waals surface area contributed by atoms with Crippen LogP contribution in [0.2, 0.25) is 0 Å². The maximum Gasteiger partial charge on any atom is 0.237 e. The van der Waals surface area contributed by atoms with E-state index in [4.69, 9.17) is 56.8 Å². The van der Waals surface area contributed by atoms with Crippen LogP contribution in [0.5, 0.6) is 0 Å². The van der Waals surface area contributed by atoms with Crippen LogP contribution in [0.1, 0.15) is 81.8 Å². The van der Waals surface area contributed by atoms with Gasteiger partial charge in [-0.15, -0.1) is 25.5 Å². The Balaban J connectivity index is 0.876. The lowest BCUT2D eigenvalue weighted by Crippen LogP contribution is -2.64. The van der Waals surface area contributed by atoms with Crippen molar-refractivity contribution in [3.05, 3.63) is 59.5 Å². The van der Waals surface area contributed by atoms with Crippen molar-refractivity contribution in [3.8, 4) is 0 Å². The van der Waals surface area contributed by atoms with Crippen LogP contribution in [0.15, 0.2) is 31.0 Å². The third kappa shape index (κ3) is 32.2. The zero-order valence-electron chi connectivity index (χ0n) is 70.2. The molecule has 124 heavy (non-hydrogen) atoms. The SMILES string of the molecule is CC(=O)N[C@H]1[C@H](OCCOCCn2cc(CN(CCCC[C@@H](C(=O)NCCSSCCC(=O)NCn3cc(C)nn3)N(Cc3cn(CCOCCO[C@@H]4O[C@H](CO)[C@H](O)[C@H](O)[C@H]4C)nn3)Cc3cn(CCOCCO[C@@H]4O[C@H](CO)[C@H](O)[C@H](O)[C@H]4NC(C)=O)nn3)Cc3cn(CCOCCO[C@@H]4O[C@H](CO)[C@H](O)[C@H](O)[C@H]4C)nn3)nn2)O[C@H](CO)[C@H](O)[C@@H]1O. The van der Waals surface area contributed by atoms with Gasteiger partial charge in [-0.2, -0.15) is 0 Å². The second-order valence-corrected chi connectivity index (χ2v) is 33.0. The Hall–Kier alpha value is -6.76. The monoisotopic (exact) mass is 1810 g/mol. The molecule has 5 aromatic heterocycles. The molecule has 4 saturated heterocycles. The van der Waals surface area contributed by atoms with E-state index in [1.165, 1.54) is 40.1 Å². The number of rotatable bonds is 58. The van der Waals surface area contributed by atoms with E-state index in [1.54, 1.807) is 70.5 Å². The quantitative estimate of drug-likeness (QED) is 0.0127. The van der Waals surface area contributed by atoms with Gasteiger partial charge in [0, 0.05) is 101 Å². The number of aliphatic hydroxyl groups is 12. The normalized spacial score (nSPS) is 27.0. The summed E-state index contributed by atoms with van der Waals surface area (Å²) in [6.45, 7) is 9.24. The van der Waals surface area contributed by atoms with Crippen molar-refractivity contribution in [2.45, 2.75) is 236 Å². The Morgan fingerprint density at radius 1 is 0.452 bits per heavy atom. The van der Waals surface area contributed by atoms with Gasteiger partial charge in [0.2, 0.25) is 23.6 Å². The zero-order valence-corrected chi connectivity index (χ0v) is 71.8. The van der Waals surface area contributed by atoms with Gasteiger partial charge < -0.3 is 139 Å². The van der Waals surface area contributed by atoms with Crippen LogP contribution in [-0.4, -0.2) is 417 Å². The van der Waals surface area contributed by atoms with Gasteiger partial charge in [-0.3, -0.25) is 29.0 Å². The number of unbranched alkanes of at least 4 members (excludes halogenated alkanes) is 1. The highest BCUT2D eigenvalue weighted by Crippen LogP contribution is 2.30. The highest BCUT2D eigenvalue weighted by atomic mass is 33.1. The lowest BCUT2D eigenvalue weighted by Gasteiger charge is -2.42. The fourth-order valence-electron chi connectivity index (χ4n) is 13.9. The molecule has 5 aromatic rings. The molecule has 0 spiro atoms. The van der Waals surface area contributed by atoms with E-state index in [2.05, 4.69) is 77.7 Å². The van der Waals surface area contributed by atoms with Crippen LogP contribution in [0.3, 0.4) is 0 Å². The summed E-state index contributed by atoms with van der Waals surface area (Å²) < 4.78 is 77.4. The number of aliphatic hydroxyl groups excluding tert-OH is 12. The summed E-state index contributed by atoms with van der Waals surface area (Å²) in [5.74, 6) is -1.63. The van der Waals surface area contributed by atoms with Gasteiger partial charge in [-0.05, 0) is 26.3 Å². The minimum atomic E-state index is -1.50. The Morgan fingerprint density at radius 3 is 1.21 bits per heavy atom. The zero-order chi connectivity index (χ0) is 89.0. The molecule has 0 saturated carbocycles. The highest BCUT2D eigenvalue weighted by molar-refractivity contribution is 8.76. The van der Waals surface area contributed by atoms with Gasteiger partial charge in [-0.25, -0.2) is 23.4 Å². The predicted molar refractivity (Wildman–Crippen MR) is 428 cm³/mol. The second-order valence-electron chi connectivity index (χ2n) is 30.3. The lowest BCUT2D eigenvalue weighted by molar-refractivity contribution is -0.284. The number of carbonyl (C=O) groups is 4. The summed E-state index contributed by atoms with van der Waals surface area (Å²) in [5, 5.41) is 177. The summed E-state index contributed by atoms with van der Waals surface area (Å²) in [6, 6.07) is -3.09. The van der Waals surface area contributed by atoms with Crippen LogP contribution in [0, 0.1) is 18.8 Å². The summed E-state index contributed by atoms with van der Waals surface area (Å²) in [6.07, 6.45) is -9.02. The van der Waals surface area contributed by atoms with Gasteiger partial charge in [0.25, 0.3) is 0 Å². The molecule has 0 bridgehead atoms. The average Bonchev–Trinajstić information content (AvgIpc) is 1.02. The van der Waals surface area contributed by atoms with Crippen molar-refractivity contribution >= 4 is 45.2 Å². The largest absolute Gasteiger partial charge is 0.394 e. The Morgan fingerprint density at radius 2 is 0.823 bits per heavy atom. The van der Waals surface area contributed by atoms with E-state index in [0.717, 1.165) is 5.69 Å². The van der Waals surface area contributed by atoms with E-state index >= 15 is 4.79 Å². The minimum absolute atomic E-state index is 0.0289. The molecule has 4 fully saturated rings. The Kier molecular flexibility index (Phi) is 43.4. The average molecular weight is 1810 g/mol. The standard InChI is InChI=1S/C73H123N21O28S2/c1-44-30-94(83-78-44)43-75-58(101)9-28-123-124-29-10-74-69(110)53(89(33-51-37-92(86-81-51)14-18-112-21-25-116-71-46(3)62(103)64(105)55(40-96)120-71)34-52-38-93(87-82-52)15-19-114-23-27-118-73-60(77-48(5)100)68(109)66(107)57(42-98)122-73)8-6-7-11-88(31-49-35-90(84-79-49)12-16-111-20-24-115-70-45(2)61(102)63(104)54(39-95)119-70)32-50-36-91(85-80-50)13-17-113-22-26-117-72-59(76-47(4)99)67(108)65(106)56(41-97)121-72/h30,35-38,45-46,53-57,59-68,70-73,95-98,102-109H,6-29,31-34,39-43H2,1-5H3,(H,74,110)(H,75,101)(H,76,99)(H,77,100)/t45-,46-,53+,54-,55-,56-,57-,59-,60-,61-,62-,63+,64+,65+,66+,67-,68-,70-,71-,72-,73-/m1/s1. The molecule has 0 aliphatic carbocycles. The number of carbonyl (C=O) groups excluding carboxylic acids is 4. The molecule has 4 aliphatic heterocycles. The number of nitrogens with zero attached hydrogens (tertiary/aromatic N) is 17. The van der Waals surface area contributed by atoms with Gasteiger partial charge in [0.05, 0.1) is 185 Å². The van der Waals surface area contributed by atoms with Gasteiger partial charge >= 0.3 is 0 Å². The second kappa shape index (κ2) is 53.3. The number of hydrogen-bond donors (Lipinski definition) is 16. The van der Waals surface area contributed by atoms with E-state index in [-0.39, 0.29) is 150 Å². The van der Waals surface area contributed by atoms with E-state index in [9.17, 15) is 75.7 Å². The first kappa shape index (κ1) is 101. The van der Waals surface area contributed by atoms with Gasteiger partial charge in [0.1, 0.15) is 79.8 Å². The van der Waals surface area contributed by atoms with Crippen LogP contribution in [0.25, 0.3) is 0 Å². The highest BCUT2D eigenvalue weighted by Gasteiger charge is 2.48. The van der Waals surface area contributed by atoms with E-state index in [0.29, 0.717) is 73.2 Å². The maximum atomic E-state index is 15.1. The molecule has 0 unspecified atom stereocenters. The maximum absolute atomic E-state index is 15.1. The summed E-state index contributed by atoms with van der Waals surface area (Å²) >= 11 is 0. The topological polar surface area (TPSA) is 630 Å².